The van der Waals surface area contributed by atoms with Crippen molar-refractivity contribution in [3.05, 3.63) is 71.4 Å². The molecule has 0 spiro atoms. The molecule has 0 radical (unpaired) electrons. The third-order valence-corrected chi connectivity index (χ3v) is 5.14. The molecule has 2 amide bonds. The number of halogens is 2. The number of ether oxygens (including phenoxy) is 1. The molecule has 2 heterocycles. The predicted molar refractivity (Wildman–Crippen MR) is 108 cm³/mol. The van der Waals surface area contributed by atoms with Crippen LogP contribution in [0.3, 0.4) is 0 Å². The van der Waals surface area contributed by atoms with Gasteiger partial charge in [0.25, 0.3) is 5.89 Å². The van der Waals surface area contributed by atoms with E-state index in [1.165, 1.54) is 30.3 Å². The van der Waals surface area contributed by atoms with Crippen molar-refractivity contribution in [2.75, 3.05) is 11.9 Å². The van der Waals surface area contributed by atoms with E-state index in [-0.39, 0.29) is 36.2 Å². The highest BCUT2D eigenvalue weighted by molar-refractivity contribution is 5.89. The topological polar surface area (TPSA) is 80.5 Å². The van der Waals surface area contributed by atoms with Crippen molar-refractivity contribution < 1.29 is 22.8 Å². The van der Waals surface area contributed by atoms with Crippen molar-refractivity contribution in [1.29, 1.82) is 0 Å². The van der Waals surface area contributed by atoms with Gasteiger partial charge in [0.05, 0.1) is 6.04 Å². The van der Waals surface area contributed by atoms with Crippen LogP contribution in [0.1, 0.15) is 42.6 Å². The fourth-order valence-electron chi connectivity index (χ4n) is 3.45. The largest absolute Gasteiger partial charge is 0.484 e. The predicted octanol–water partition coefficient (Wildman–Crippen LogP) is 4.99. The number of aryl methyl sites for hydroxylation is 1. The first-order chi connectivity index (χ1) is 15.0. The first-order valence-corrected chi connectivity index (χ1v) is 10.0. The Hall–Kier alpha value is -3.49. The van der Waals surface area contributed by atoms with Crippen LogP contribution >= 0.6 is 0 Å². The number of anilines is 1. The molecular weight excluding hydrogens is 406 g/mol. The van der Waals surface area contributed by atoms with Gasteiger partial charge in [0.2, 0.25) is 0 Å². The number of piperidine rings is 1. The van der Waals surface area contributed by atoms with Crippen LogP contribution in [0.15, 0.2) is 47.0 Å². The number of benzene rings is 2. The summed E-state index contributed by atoms with van der Waals surface area (Å²) in [6, 6.07) is 9.49. The average Bonchev–Trinajstić information content (AvgIpc) is 3.25. The third-order valence-electron chi connectivity index (χ3n) is 5.14. The van der Waals surface area contributed by atoms with Gasteiger partial charge < -0.3 is 19.5 Å². The van der Waals surface area contributed by atoms with E-state index in [4.69, 9.17) is 9.26 Å². The number of likely N-dealkylation sites (tertiary alicyclic amines) is 1. The summed E-state index contributed by atoms with van der Waals surface area (Å²) in [6.07, 6.45) is 2.46. The van der Waals surface area contributed by atoms with Gasteiger partial charge >= 0.3 is 6.03 Å². The standard InChI is InChI=1S/C22H22F2N4O3/c1-14-5-8-16(12-18(14)24)25-22(29)28-11-3-2-4-19(28)21-26-20(31-27-21)13-30-17-9-6-15(23)7-10-17/h5-10,12,19H,2-4,11,13H2,1H3,(H,25,29). The van der Waals surface area contributed by atoms with E-state index < -0.39 is 0 Å². The lowest BCUT2D eigenvalue weighted by Crippen LogP contribution is -2.41. The van der Waals surface area contributed by atoms with Gasteiger partial charge in [-0.2, -0.15) is 4.98 Å². The zero-order valence-corrected chi connectivity index (χ0v) is 17.0. The number of nitrogens with one attached hydrogen (secondary N) is 1. The van der Waals surface area contributed by atoms with Crippen LogP contribution in [-0.4, -0.2) is 27.6 Å². The minimum absolute atomic E-state index is 0.0280. The quantitative estimate of drug-likeness (QED) is 0.619. The Labute approximate surface area is 178 Å². The van der Waals surface area contributed by atoms with Crippen LogP contribution in [0.4, 0.5) is 19.3 Å². The van der Waals surface area contributed by atoms with Crippen molar-refractivity contribution in [2.45, 2.75) is 38.8 Å². The molecule has 1 atom stereocenters. The van der Waals surface area contributed by atoms with Gasteiger partial charge in [0, 0.05) is 12.2 Å². The van der Waals surface area contributed by atoms with Gasteiger partial charge in [-0.05, 0) is 68.1 Å². The second-order valence-electron chi connectivity index (χ2n) is 7.39. The SMILES string of the molecule is Cc1ccc(NC(=O)N2CCCCC2c2noc(COc3ccc(F)cc3)n2)cc1F. The molecule has 0 aliphatic carbocycles. The van der Waals surface area contributed by atoms with Crippen LogP contribution in [0.5, 0.6) is 5.75 Å². The Bertz CT molecular complexity index is 1060. The summed E-state index contributed by atoms with van der Waals surface area (Å²) < 4.78 is 37.6. The Kier molecular flexibility index (Phi) is 6.11. The molecule has 4 rings (SSSR count). The van der Waals surface area contributed by atoms with E-state index in [0.29, 0.717) is 35.8 Å². The number of urea groups is 1. The summed E-state index contributed by atoms with van der Waals surface area (Å²) in [7, 11) is 0. The molecule has 1 N–H and O–H groups in total. The van der Waals surface area contributed by atoms with E-state index in [9.17, 15) is 13.6 Å². The number of hydrogen-bond acceptors (Lipinski definition) is 5. The number of hydrogen-bond donors (Lipinski definition) is 1. The van der Waals surface area contributed by atoms with Crippen LogP contribution in [0, 0.1) is 18.6 Å². The molecule has 3 aromatic rings. The molecule has 1 saturated heterocycles. The Morgan fingerprint density at radius 2 is 2.03 bits per heavy atom. The summed E-state index contributed by atoms with van der Waals surface area (Å²) in [5.74, 6) is 0.395. The zero-order chi connectivity index (χ0) is 21.8. The summed E-state index contributed by atoms with van der Waals surface area (Å²) in [5.41, 5.74) is 0.898. The third kappa shape index (κ3) is 4.99. The fourth-order valence-corrected chi connectivity index (χ4v) is 3.45. The maximum absolute atomic E-state index is 13.8. The molecule has 7 nitrogen and oxygen atoms in total. The molecule has 2 aromatic carbocycles. The molecule has 1 unspecified atom stereocenters. The van der Waals surface area contributed by atoms with Crippen LogP contribution in [0.25, 0.3) is 0 Å². The lowest BCUT2D eigenvalue weighted by atomic mass is 10.0. The monoisotopic (exact) mass is 428 g/mol. The highest BCUT2D eigenvalue weighted by Gasteiger charge is 2.31. The van der Waals surface area contributed by atoms with E-state index in [1.54, 1.807) is 24.0 Å². The zero-order valence-electron chi connectivity index (χ0n) is 17.0. The molecule has 162 valence electrons. The van der Waals surface area contributed by atoms with Crippen molar-refractivity contribution in [1.82, 2.24) is 15.0 Å². The summed E-state index contributed by atoms with van der Waals surface area (Å²) in [6.45, 7) is 2.22. The van der Waals surface area contributed by atoms with Crippen LogP contribution in [-0.2, 0) is 6.61 Å². The normalized spacial score (nSPS) is 16.2. The first-order valence-electron chi connectivity index (χ1n) is 10.0. The number of rotatable bonds is 5. The van der Waals surface area contributed by atoms with Gasteiger partial charge in [0.1, 0.15) is 17.4 Å². The fraction of sp³-hybridized carbons (Fsp3) is 0.318. The molecular formula is C22H22F2N4O3. The molecule has 1 fully saturated rings. The molecule has 0 bridgehead atoms. The summed E-state index contributed by atoms with van der Waals surface area (Å²) in [4.78, 5) is 18.9. The highest BCUT2D eigenvalue weighted by Crippen LogP contribution is 2.30. The average molecular weight is 428 g/mol. The van der Waals surface area contributed by atoms with E-state index >= 15 is 0 Å². The first kappa shape index (κ1) is 20.8. The molecule has 31 heavy (non-hydrogen) atoms. The number of amides is 2. The lowest BCUT2D eigenvalue weighted by Gasteiger charge is -2.33. The summed E-state index contributed by atoms with van der Waals surface area (Å²) >= 11 is 0. The van der Waals surface area contributed by atoms with Gasteiger partial charge in [-0.3, -0.25) is 0 Å². The number of carbonyl (C=O) groups is 1. The van der Waals surface area contributed by atoms with Crippen molar-refractivity contribution in [3.8, 4) is 5.75 Å². The number of aromatic nitrogens is 2. The summed E-state index contributed by atoms with van der Waals surface area (Å²) in [5, 5.41) is 6.77. The Morgan fingerprint density at radius 3 is 2.81 bits per heavy atom. The van der Waals surface area contributed by atoms with Crippen LogP contribution in [0.2, 0.25) is 0 Å². The lowest BCUT2D eigenvalue weighted by molar-refractivity contribution is 0.157. The maximum Gasteiger partial charge on any atom is 0.322 e. The molecule has 0 saturated carbocycles. The van der Waals surface area contributed by atoms with Gasteiger partial charge in [-0.1, -0.05) is 11.2 Å². The Balaban J connectivity index is 1.42. The minimum atomic E-state index is -0.378. The number of carbonyl (C=O) groups excluding carboxylic acids is 1. The molecule has 9 heteroatoms. The van der Waals surface area contributed by atoms with Gasteiger partial charge in [0.15, 0.2) is 12.4 Å². The van der Waals surface area contributed by atoms with Crippen molar-refractivity contribution in [3.63, 3.8) is 0 Å². The molecule has 1 aliphatic heterocycles. The van der Waals surface area contributed by atoms with E-state index in [1.807, 2.05) is 0 Å². The van der Waals surface area contributed by atoms with Gasteiger partial charge in [-0.15, -0.1) is 0 Å². The second-order valence-corrected chi connectivity index (χ2v) is 7.39. The van der Waals surface area contributed by atoms with E-state index in [2.05, 4.69) is 15.5 Å². The van der Waals surface area contributed by atoms with Gasteiger partial charge in [-0.25, -0.2) is 13.6 Å². The molecule has 1 aliphatic rings. The minimum Gasteiger partial charge on any atom is -0.484 e. The second kappa shape index (κ2) is 9.11. The smallest absolute Gasteiger partial charge is 0.322 e. The Morgan fingerprint density at radius 1 is 1.23 bits per heavy atom. The van der Waals surface area contributed by atoms with Crippen LogP contribution < -0.4 is 10.1 Å². The maximum atomic E-state index is 13.8. The van der Waals surface area contributed by atoms with Crippen molar-refractivity contribution >= 4 is 11.7 Å². The van der Waals surface area contributed by atoms with E-state index in [0.717, 1.165) is 12.8 Å². The number of nitrogens with zero attached hydrogens (tertiary/aromatic N) is 3. The van der Waals surface area contributed by atoms with Crippen molar-refractivity contribution in [2.24, 2.45) is 0 Å². The highest BCUT2D eigenvalue weighted by atomic mass is 19.1. The molecule has 1 aromatic heterocycles.